The zero-order valence-electron chi connectivity index (χ0n) is 11.1. The lowest BCUT2D eigenvalue weighted by molar-refractivity contribution is -0.384. The van der Waals surface area contributed by atoms with Crippen molar-refractivity contribution in [2.24, 2.45) is 5.92 Å². The van der Waals surface area contributed by atoms with Gasteiger partial charge in [0.2, 0.25) is 0 Å². The summed E-state index contributed by atoms with van der Waals surface area (Å²) in [4.78, 5) is 24.3. The van der Waals surface area contributed by atoms with Crippen LogP contribution < -0.4 is 0 Å². The van der Waals surface area contributed by atoms with E-state index in [1.165, 1.54) is 24.3 Å². The van der Waals surface area contributed by atoms with Crippen molar-refractivity contribution in [2.45, 2.75) is 19.3 Å². The number of carbonyl (C=O) groups is 1. The minimum atomic E-state index is -0.467. The van der Waals surface area contributed by atoms with Crippen molar-refractivity contribution in [2.75, 3.05) is 19.0 Å². The van der Waals surface area contributed by atoms with Crippen molar-refractivity contribution >= 4 is 23.2 Å². The monoisotopic (exact) mass is 296 g/mol. The minimum Gasteiger partial charge on any atom is -0.338 e. The fourth-order valence-electron chi connectivity index (χ4n) is 2.55. The molecular formula is C14H17ClN2O3. The number of hydrogen-bond donors (Lipinski definition) is 0. The third-order valence-corrected chi connectivity index (χ3v) is 3.87. The molecule has 1 saturated heterocycles. The highest BCUT2D eigenvalue weighted by Crippen LogP contribution is 2.22. The first-order valence-corrected chi connectivity index (χ1v) is 7.25. The first kappa shape index (κ1) is 14.8. The molecule has 0 bridgehead atoms. The number of halogens is 1. The van der Waals surface area contributed by atoms with Crippen molar-refractivity contribution in [1.29, 1.82) is 0 Å². The summed E-state index contributed by atoms with van der Waals surface area (Å²) in [5, 5.41) is 10.6. The van der Waals surface area contributed by atoms with Crippen LogP contribution in [0, 0.1) is 16.0 Å². The van der Waals surface area contributed by atoms with Gasteiger partial charge in [0.15, 0.2) is 0 Å². The lowest BCUT2D eigenvalue weighted by Gasteiger charge is -2.32. The van der Waals surface area contributed by atoms with E-state index < -0.39 is 4.92 Å². The highest BCUT2D eigenvalue weighted by atomic mass is 35.5. The summed E-state index contributed by atoms with van der Waals surface area (Å²) in [6.07, 6.45) is 3.02. The van der Waals surface area contributed by atoms with Gasteiger partial charge in [0.05, 0.1) is 4.92 Å². The predicted molar refractivity (Wildman–Crippen MR) is 77.1 cm³/mol. The molecule has 6 heteroatoms. The van der Waals surface area contributed by atoms with Crippen molar-refractivity contribution < 1.29 is 9.72 Å². The van der Waals surface area contributed by atoms with Crippen LogP contribution >= 0.6 is 11.6 Å². The molecule has 20 heavy (non-hydrogen) atoms. The van der Waals surface area contributed by atoms with Crippen LogP contribution in [0.2, 0.25) is 0 Å². The number of likely N-dealkylation sites (tertiary alicyclic amines) is 1. The van der Waals surface area contributed by atoms with Crippen LogP contribution in [0.1, 0.15) is 29.6 Å². The quantitative estimate of drug-likeness (QED) is 0.487. The van der Waals surface area contributed by atoms with Gasteiger partial charge in [0.25, 0.3) is 11.6 Å². The number of piperidine rings is 1. The lowest BCUT2D eigenvalue weighted by Crippen LogP contribution is -2.40. The predicted octanol–water partition coefficient (Wildman–Crippen LogP) is 3.08. The average molecular weight is 297 g/mol. The molecule has 1 heterocycles. The molecule has 1 aromatic rings. The Morgan fingerprint density at radius 1 is 1.40 bits per heavy atom. The Labute approximate surface area is 122 Å². The number of amides is 1. The zero-order chi connectivity index (χ0) is 14.5. The fourth-order valence-corrected chi connectivity index (χ4v) is 2.86. The van der Waals surface area contributed by atoms with E-state index in [0.29, 0.717) is 17.4 Å². The Kier molecular flexibility index (Phi) is 4.95. The normalized spacial score (nSPS) is 18.9. The second-order valence-electron chi connectivity index (χ2n) is 5.04. The highest BCUT2D eigenvalue weighted by molar-refractivity contribution is 6.17. The molecule has 1 aliphatic heterocycles. The number of rotatable bonds is 4. The van der Waals surface area contributed by atoms with Crippen LogP contribution in [0.25, 0.3) is 0 Å². The van der Waals surface area contributed by atoms with Crippen molar-refractivity contribution in [3.05, 3.63) is 39.9 Å². The van der Waals surface area contributed by atoms with E-state index in [4.69, 9.17) is 11.6 Å². The van der Waals surface area contributed by atoms with Gasteiger partial charge in [-0.2, -0.15) is 0 Å². The van der Waals surface area contributed by atoms with Crippen molar-refractivity contribution in [1.82, 2.24) is 4.90 Å². The Balaban J connectivity index is 2.04. The van der Waals surface area contributed by atoms with E-state index in [0.717, 1.165) is 32.4 Å². The van der Waals surface area contributed by atoms with E-state index in [9.17, 15) is 14.9 Å². The van der Waals surface area contributed by atoms with Crippen LogP contribution in [-0.2, 0) is 0 Å². The first-order valence-electron chi connectivity index (χ1n) is 6.71. The maximum Gasteiger partial charge on any atom is 0.269 e. The molecule has 2 rings (SSSR count). The number of nitro groups is 1. The molecular weight excluding hydrogens is 280 g/mol. The molecule has 0 aliphatic carbocycles. The number of nitrogens with zero attached hydrogens (tertiary/aromatic N) is 2. The number of carbonyl (C=O) groups excluding carboxylic acids is 1. The van der Waals surface area contributed by atoms with E-state index >= 15 is 0 Å². The SMILES string of the molecule is O=C(c1ccc([N+](=O)[O-])cc1)N1CCCC(CCCl)C1. The van der Waals surface area contributed by atoms with Crippen LogP contribution in [-0.4, -0.2) is 34.7 Å². The van der Waals surface area contributed by atoms with Crippen molar-refractivity contribution in [3.63, 3.8) is 0 Å². The standard InChI is InChI=1S/C14H17ClN2O3/c15-8-7-11-2-1-9-16(10-11)14(18)12-3-5-13(6-4-12)17(19)20/h3-6,11H,1-2,7-10H2. The van der Waals surface area contributed by atoms with E-state index in [2.05, 4.69) is 0 Å². The Bertz CT molecular complexity index is 488. The molecule has 0 spiro atoms. The van der Waals surface area contributed by atoms with Gasteiger partial charge in [-0.3, -0.25) is 14.9 Å². The van der Waals surface area contributed by atoms with Crippen LogP contribution in [0.15, 0.2) is 24.3 Å². The van der Waals surface area contributed by atoms with E-state index in [-0.39, 0.29) is 11.6 Å². The van der Waals surface area contributed by atoms with Gasteiger partial charge >= 0.3 is 0 Å². The second kappa shape index (κ2) is 6.70. The Hall–Kier alpha value is -1.62. The van der Waals surface area contributed by atoms with E-state index in [1.807, 2.05) is 4.90 Å². The molecule has 1 aliphatic rings. The second-order valence-corrected chi connectivity index (χ2v) is 5.42. The number of hydrogen-bond acceptors (Lipinski definition) is 3. The van der Waals surface area contributed by atoms with E-state index in [1.54, 1.807) is 0 Å². The minimum absolute atomic E-state index is 0.000195. The lowest BCUT2D eigenvalue weighted by atomic mass is 9.95. The molecule has 108 valence electrons. The summed E-state index contributed by atoms with van der Waals surface area (Å²) < 4.78 is 0. The summed E-state index contributed by atoms with van der Waals surface area (Å²) in [5.74, 6) is 1.02. The maximum atomic E-state index is 12.4. The first-order chi connectivity index (χ1) is 9.61. The topological polar surface area (TPSA) is 63.4 Å². The molecule has 0 N–H and O–H groups in total. The Morgan fingerprint density at radius 3 is 2.70 bits per heavy atom. The Morgan fingerprint density at radius 2 is 2.10 bits per heavy atom. The molecule has 1 unspecified atom stereocenters. The van der Waals surface area contributed by atoms with Gasteiger partial charge in [-0.25, -0.2) is 0 Å². The van der Waals surface area contributed by atoms with Crippen LogP contribution in [0.4, 0.5) is 5.69 Å². The molecule has 0 aromatic heterocycles. The van der Waals surface area contributed by atoms with Crippen molar-refractivity contribution in [3.8, 4) is 0 Å². The number of nitro benzene ring substituents is 1. The molecule has 1 amide bonds. The van der Waals surface area contributed by atoms with Gasteiger partial charge in [-0.05, 0) is 37.3 Å². The average Bonchev–Trinajstić information content (AvgIpc) is 2.47. The fraction of sp³-hybridized carbons (Fsp3) is 0.500. The summed E-state index contributed by atoms with van der Waals surface area (Å²) >= 11 is 5.76. The van der Waals surface area contributed by atoms with Gasteiger partial charge in [-0.1, -0.05) is 0 Å². The van der Waals surface area contributed by atoms with Gasteiger partial charge in [0.1, 0.15) is 0 Å². The summed E-state index contributed by atoms with van der Waals surface area (Å²) in [6.45, 7) is 1.47. The number of non-ortho nitro benzene ring substituents is 1. The zero-order valence-corrected chi connectivity index (χ0v) is 11.9. The maximum absolute atomic E-state index is 12.4. The van der Waals surface area contributed by atoms with Crippen LogP contribution in [0.3, 0.4) is 0 Å². The number of alkyl halides is 1. The summed E-state index contributed by atoms with van der Waals surface area (Å²) in [5.41, 5.74) is 0.502. The molecule has 0 radical (unpaired) electrons. The third-order valence-electron chi connectivity index (χ3n) is 3.65. The number of benzene rings is 1. The smallest absolute Gasteiger partial charge is 0.269 e. The van der Waals surface area contributed by atoms with Gasteiger partial charge in [-0.15, -0.1) is 11.6 Å². The summed E-state index contributed by atoms with van der Waals surface area (Å²) in [6, 6.07) is 5.78. The van der Waals surface area contributed by atoms with Gasteiger partial charge < -0.3 is 4.90 Å². The molecule has 1 aromatic carbocycles. The molecule has 0 saturated carbocycles. The molecule has 1 atom stereocenters. The summed E-state index contributed by atoms with van der Waals surface area (Å²) in [7, 11) is 0. The van der Waals surface area contributed by atoms with Crippen LogP contribution in [0.5, 0.6) is 0 Å². The molecule has 1 fully saturated rings. The third kappa shape index (κ3) is 3.48. The molecule has 5 nitrogen and oxygen atoms in total. The largest absolute Gasteiger partial charge is 0.338 e. The van der Waals surface area contributed by atoms with Gasteiger partial charge in [0, 0.05) is 36.7 Å². The highest BCUT2D eigenvalue weighted by Gasteiger charge is 2.24.